The van der Waals surface area contributed by atoms with Crippen LogP contribution in [0.15, 0.2) is 58.2 Å². The molecule has 14 heteroatoms. The van der Waals surface area contributed by atoms with E-state index in [4.69, 9.17) is 4.74 Å². The molecular formula is C25H26N6O6S2. The minimum Gasteiger partial charge on any atom is -0.447 e. The van der Waals surface area contributed by atoms with Gasteiger partial charge in [0.05, 0.1) is 34.9 Å². The quantitative estimate of drug-likeness (QED) is 0.322. The Bertz CT molecular complexity index is 1840. The molecule has 6 rings (SSSR count). The van der Waals surface area contributed by atoms with E-state index >= 15 is 0 Å². The Hall–Kier alpha value is -3.78. The number of fused-ring (bicyclic) bond motifs is 3. The molecule has 39 heavy (non-hydrogen) atoms. The molecule has 204 valence electrons. The van der Waals surface area contributed by atoms with Gasteiger partial charge in [0.2, 0.25) is 0 Å². The number of imidazole rings is 1. The van der Waals surface area contributed by atoms with E-state index in [1.807, 2.05) is 11.3 Å². The number of nitrogens with zero attached hydrogens (tertiary/aromatic N) is 6. The fourth-order valence-corrected chi connectivity index (χ4v) is 7.70. The Kier molecular flexibility index (Phi) is 5.99. The zero-order valence-corrected chi connectivity index (χ0v) is 22.8. The highest BCUT2D eigenvalue weighted by Crippen LogP contribution is 2.42. The Morgan fingerprint density at radius 1 is 1.05 bits per heavy atom. The summed E-state index contributed by atoms with van der Waals surface area (Å²) in [7, 11) is -8.01. The largest absolute Gasteiger partial charge is 0.447 e. The van der Waals surface area contributed by atoms with Gasteiger partial charge in [-0.25, -0.2) is 27.2 Å². The predicted octanol–water partition coefficient (Wildman–Crippen LogP) is 3.13. The number of carbonyl (C=O) groups excluding carboxylic acids is 1. The first-order valence-corrected chi connectivity index (χ1v) is 15.3. The fraction of sp³-hybridized carbons (Fsp3) is 0.360. The number of aromatic nitrogens is 4. The van der Waals surface area contributed by atoms with Gasteiger partial charge in [-0.05, 0) is 49.8 Å². The highest BCUT2D eigenvalue weighted by Gasteiger charge is 2.37. The monoisotopic (exact) mass is 570 g/mol. The molecule has 1 saturated carbocycles. The van der Waals surface area contributed by atoms with Crippen LogP contribution in [0.1, 0.15) is 37.1 Å². The van der Waals surface area contributed by atoms with Gasteiger partial charge in [0, 0.05) is 18.3 Å². The molecule has 0 bridgehead atoms. The van der Waals surface area contributed by atoms with E-state index in [-0.39, 0.29) is 41.4 Å². The van der Waals surface area contributed by atoms with Crippen LogP contribution in [-0.4, -0.2) is 64.9 Å². The number of ether oxygens (including phenoxy) is 1. The molecule has 0 radical (unpaired) electrons. The lowest BCUT2D eigenvalue weighted by molar-refractivity contribution is 0.170. The molecule has 2 aliphatic rings. The number of rotatable bonds is 6. The molecule has 1 amide bonds. The molecule has 12 nitrogen and oxygen atoms in total. The lowest BCUT2D eigenvalue weighted by Crippen LogP contribution is -2.30. The summed E-state index contributed by atoms with van der Waals surface area (Å²) >= 11 is 0. The summed E-state index contributed by atoms with van der Waals surface area (Å²) < 4.78 is 63.9. The lowest BCUT2D eigenvalue weighted by Gasteiger charge is -2.15. The summed E-state index contributed by atoms with van der Waals surface area (Å²) in [5.74, 6) is 0.714. The van der Waals surface area contributed by atoms with Crippen LogP contribution < -0.4 is 0 Å². The van der Waals surface area contributed by atoms with Crippen LogP contribution in [0.25, 0.3) is 16.7 Å². The van der Waals surface area contributed by atoms with E-state index in [1.165, 1.54) is 16.4 Å². The van der Waals surface area contributed by atoms with E-state index in [0.717, 1.165) is 16.9 Å². The Balaban J connectivity index is 1.33. The molecule has 4 heterocycles. The van der Waals surface area contributed by atoms with Crippen LogP contribution in [0, 0.1) is 18.8 Å². The second-order valence-electron chi connectivity index (χ2n) is 10.0. The van der Waals surface area contributed by atoms with Crippen LogP contribution >= 0.6 is 0 Å². The minimum absolute atomic E-state index is 0.0143. The number of aryl methyl sites for hydroxylation is 1. The summed E-state index contributed by atoms with van der Waals surface area (Å²) in [5, 5.41) is 0. The number of hydrogen-bond acceptors (Lipinski definition) is 8. The molecule has 0 N–H and O–H groups in total. The summed E-state index contributed by atoms with van der Waals surface area (Å²) in [6.45, 7) is 3.92. The van der Waals surface area contributed by atoms with Crippen molar-refractivity contribution in [1.29, 1.82) is 0 Å². The Morgan fingerprint density at radius 2 is 1.79 bits per heavy atom. The smallest absolute Gasteiger partial charge is 0.425 e. The Labute approximate surface area is 225 Å². The summed E-state index contributed by atoms with van der Waals surface area (Å²) in [6.07, 6.45) is 6.55. The van der Waals surface area contributed by atoms with Crippen LogP contribution in [0.2, 0.25) is 0 Å². The molecule has 3 aromatic heterocycles. The highest BCUT2D eigenvalue weighted by atomic mass is 32.2. The second-order valence-corrected chi connectivity index (χ2v) is 13.4. The molecule has 1 aliphatic carbocycles. The SMILES string of the molecule is Cc1ccc(S(=O)(=O)n2ccc3c2ncc2cnc([C@H]4CC(/C=N\S(=O)(=O)N5CCOC5=O)C[C@H]4C)n23)cc1. The normalized spacial score (nSPS) is 22.5. The van der Waals surface area contributed by atoms with Crippen molar-refractivity contribution in [2.45, 2.75) is 37.5 Å². The summed E-state index contributed by atoms with van der Waals surface area (Å²) in [6, 6.07) is 8.37. The third kappa shape index (κ3) is 4.27. The number of amides is 1. The van der Waals surface area contributed by atoms with E-state index in [9.17, 15) is 21.6 Å². The minimum atomic E-state index is -4.15. The predicted molar refractivity (Wildman–Crippen MR) is 142 cm³/mol. The maximum Gasteiger partial charge on any atom is 0.425 e. The molecule has 1 aromatic carbocycles. The highest BCUT2D eigenvalue weighted by molar-refractivity contribution is 7.90. The molecule has 1 unspecified atom stereocenters. The van der Waals surface area contributed by atoms with Crippen LogP contribution in [-0.2, 0) is 25.0 Å². The van der Waals surface area contributed by atoms with Gasteiger partial charge in [0.25, 0.3) is 10.0 Å². The summed E-state index contributed by atoms with van der Waals surface area (Å²) in [5.41, 5.74) is 2.58. The van der Waals surface area contributed by atoms with Gasteiger partial charge in [-0.2, -0.15) is 17.1 Å². The maximum absolute atomic E-state index is 13.4. The first-order chi connectivity index (χ1) is 18.6. The van der Waals surface area contributed by atoms with E-state index in [0.29, 0.717) is 22.7 Å². The van der Waals surface area contributed by atoms with Gasteiger partial charge >= 0.3 is 16.3 Å². The van der Waals surface area contributed by atoms with E-state index in [2.05, 4.69) is 21.3 Å². The Morgan fingerprint density at radius 3 is 2.51 bits per heavy atom. The van der Waals surface area contributed by atoms with Gasteiger partial charge in [0.1, 0.15) is 12.4 Å². The van der Waals surface area contributed by atoms with Crippen LogP contribution in [0.5, 0.6) is 0 Å². The van der Waals surface area contributed by atoms with E-state index in [1.54, 1.807) is 42.7 Å². The van der Waals surface area contributed by atoms with Crippen LogP contribution in [0.4, 0.5) is 4.79 Å². The van der Waals surface area contributed by atoms with Crippen molar-refractivity contribution in [3.8, 4) is 0 Å². The zero-order chi connectivity index (χ0) is 27.5. The van der Waals surface area contributed by atoms with Crippen molar-refractivity contribution in [3.05, 3.63) is 60.3 Å². The first kappa shape index (κ1) is 25.5. The second kappa shape index (κ2) is 9.16. The molecule has 1 aliphatic heterocycles. The van der Waals surface area contributed by atoms with Crippen molar-refractivity contribution in [1.82, 2.24) is 22.6 Å². The van der Waals surface area contributed by atoms with E-state index < -0.39 is 26.3 Å². The van der Waals surface area contributed by atoms with Gasteiger partial charge < -0.3 is 4.74 Å². The van der Waals surface area contributed by atoms with Crippen molar-refractivity contribution in [2.24, 2.45) is 16.2 Å². The first-order valence-electron chi connectivity index (χ1n) is 12.5. The number of benzene rings is 1. The third-order valence-electron chi connectivity index (χ3n) is 7.42. The topological polar surface area (TPSA) is 145 Å². The lowest BCUT2D eigenvalue weighted by atomic mass is 9.97. The average molecular weight is 571 g/mol. The zero-order valence-electron chi connectivity index (χ0n) is 21.2. The average Bonchev–Trinajstić information content (AvgIpc) is 3.68. The number of carbonyl (C=O) groups is 1. The molecule has 4 aromatic rings. The van der Waals surface area contributed by atoms with Crippen molar-refractivity contribution in [3.63, 3.8) is 0 Å². The fourth-order valence-electron chi connectivity index (χ4n) is 5.42. The third-order valence-corrected chi connectivity index (χ3v) is 10.4. The van der Waals surface area contributed by atoms with Gasteiger partial charge in [-0.1, -0.05) is 24.6 Å². The molecule has 2 fully saturated rings. The van der Waals surface area contributed by atoms with Gasteiger partial charge in [0.15, 0.2) is 5.65 Å². The number of cyclic esters (lactones) is 1. The van der Waals surface area contributed by atoms with Gasteiger partial charge in [-0.15, -0.1) is 0 Å². The summed E-state index contributed by atoms with van der Waals surface area (Å²) in [4.78, 5) is 20.9. The number of hydrogen-bond donors (Lipinski definition) is 0. The van der Waals surface area contributed by atoms with Gasteiger partial charge in [-0.3, -0.25) is 4.40 Å². The standard InChI is InChI=1S/C25H26N6O6S2/c1-16-3-5-20(6-4-16)38(33,34)29-8-7-22-24(29)27-15-19-14-26-23(31(19)22)21-12-18(11-17(21)2)13-28-39(35,36)30-9-10-37-25(30)32/h3-8,13-15,17-18,21H,9-12H2,1-2H3/b28-13-/t17-,18?,21+/m1/s1. The molecular weight excluding hydrogens is 544 g/mol. The molecule has 0 spiro atoms. The molecule has 3 atom stereocenters. The maximum atomic E-state index is 13.4. The van der Waals surface area contributed by atoms with Crippen molar-refractivity contribution >= 4 is 49.2 Å². The van der Waals surface area contributed by atoms with Crippen LogP contribution in [0.3, 0.4) is 0 Å². The van der Waals surface area contributed by atoms with Crippen molar-refractivity contribution < 1.29 is 26.4 Å². The molecule has 1 saturated heterocycles. The van der Waals surface area contributed by atoms with Crippen molar-refractivity contribution in [2.75, 3.05) is 13.2 Å².